The highest BCUT2D eigenvalue weighted by Crippen LogP contribution is 2.30. The zero-order chi connectivity index (χ0) is 14.4. The Balaban J connectivity index is 2.18. The van der Waals surface area contributed by atoms with Gasteiger partial charge in [-0.15, -0.1) is 0 Å². The Morgan fingerprint density at radius 3 is 2.80 bits per heavy atom. The first-order chi connectivity index (χ1) is 9.54. The predicted octanol–water partition coefficient (Wildman–Crippen LogP) is -1.00. The molecule has 0 spiro atoms. The first-order valence-corrected chi connectivity index (χ1v) is 6.39. The number of nitrogens with zero attached hydrogens (tertiary/aromatic N) is 1. The maximum absolute atomic E-state index is 12.1. The van der Waals surface area contributed by atoms with Gasteiger partial charge in [0, 0.05) is 6.20 Å². The summed E-state index contributed by atoms with van der Waals surface area (Å²) in [5, 5.41) is 28.9. The van der Waals surface area contributed by atoms with Gasteiger partial charge in [-0.05, 0) is 6.07 Å². The van der Waals surface area contributed by atoms with Crippen molar-refractivity contribution in [3.63, 3.8) is 0 Å². The van der Waals surface area contributed by atoms with Gasteiger partial charge in [0.25, 0.3) is 0 Å². The smallest absolute Gasteiger partial charge is 0.329 e. The number of aliphatic hydroxyl groups excluding tert-OH is 3. The van der Waals surface area contributed by atoms with Crippen molar-refractivity contribution < 1.29 is 20.1 Å². The molecule has 0 aromatic carbocycles. The zero-order valence-electron chi connectivity index (χ0n) is 10.2. The van der Waals surface area contributed by atoms with Crippen LogP contribution in [-0.4, -0.2) is 54.8 Å². The molecule has 0 aliphatic carbocycles. The molecule has 9 heteroatoms. The Morgan fingerprint density at radius 2 is 2.15 bits per heavy atom. The second kappa shape index (κ2) is 4.79. The SMILES string of the molecule is O=c1[nH]c(=S)c2[nH]ccc2n1C1OC(CO)C(O)C1O. The van der Waals surface area contributed by atoms with Crippen LogP contribution in [0.5, 0.6) is 0 Å². The molecule has 2 aromatic heterocycles. The van der Waals surface area contributed by atoms with Gasteiger partial charge in [-0.25, -0.2) is 4.79 Å². The molecule has 108 valence electrons. The maximum atomic E-state index is 12.1. The van der Waals surface area contributed by atoms with E-state index in [4.69, 9.17) is 22.1 Å². The van der Waals surface area contributed by atoms with E-state index in [1.165, 1.54) is 4.57 Å². The summed E-state index contributed by atoms with van der Waals surface area (Å²) in [6.07, 6.45) is -3.04. The molecule has 1 fully saturated rings. The van der Waals surface area contributed by atoms with E-state index < -0.39 is 36.8 Å². The number of nitrogens with one attached hydrogen (secondary N) is 2. The summed E-state index contributed by atoms with van der Waals surface area (Å²) in [5.74, 6) is 0. The summed E-state index contributed by atoms with van der Waals surface area (Å²) < 4.78 is 6.78. The number of rotatable bonds is 2. The number of ether oxygens (including phenoxy) is 1. The van der Waals surface area contributed by atoms with Gasteiger partial charge in [-0.3, -0.25) is 9.55 Å². The van der Waals surface area contributed by atoms with Crippen LogP contribution in [0.4, 0.5) is 0 Å². The molecule has 0 radical (unpaired) electrons. The lowest BCUT2D eigenvalue weighted by atomic mass is 10.1. The zero-order valence-corrected chi connectivity index (χ0v) is 11.0. The first-order valence-electron chi connectivity index (χ1n) is 5.99. The van der Waals surface area contributed by atoms with Gasteiger partial charge in [-0.2, -0.15) is 0 Å². The van der Waals surface area contributed by atoms with E-state index in [1.807, 2.05) is 0 Å². The normalized spacial score (nSPS) is 30.1. The molecule has 4 unspecified atom stereocenters. The van der Waals surface area contributed by atoms with E-state index in [0.717, 1.165) is 0 Å². The molecule has 3 rings (SSSR count). The van der Waals surface area contributed by atoms with E-state index in [-0.39, 0.29) is 4.64 Å². The van der Waals surface area contributed by atoms with Crippen LogP contribution in [0.1, 0.15) is 6.23 Å². The summed E-state index contributed by atoms with van der Waals surface area (Å²) in [4.78, 5) is 17.4. The van der Waals surface area contributed by atoms with Crippen molar-refractivity contribution in [3.8, 4) is 0 Å². The Kier molecular flexibility index (Phi) is 3.22. The number of H-pyrrole nitrogens is 2. The number of aliphatic hydroxyl groups is 3. The summed E-state index contributed by atoms with van der Waals surface area (Å²) in [5.41, 5.74) is 0.419. The Morgan fingerprint density at radius 1 is 1.40 bits per heavy atom. The van der Waals surface area contributed by atoms with Gasteiger partial charge in [0.15, 0.2) is 6.23 Å². The molecule has 0 bridgehead atoms. The van der Waals surface area contributed by atoms with E-state index in [2.05, 4.69) is 9.97 Å². The van der Waals surface area contributed by atoms with Crippen molar-refractivity contribution in [1.29, 1.82) is 0 Å². The van der Waals surface area contributed by atoms with Crippen LogP contribution < -0.4 is 5.69 Å². The molecular weight excluding hydrogens is 286 g/mol. The van der Waals surface area contributed by atoms with Gasteiger partial charge < -0.3 is 25.0 Å². The molecule has 1 aliphatic heterocycles. The summed E-state index contributed by atoms with van der Waals surface area (Å²) in [6.45, 7) is -0.456. The Labute approximate surface area is 117 Å². The highest BCUT2D eigenvalue weighted by molar-refractivity contribution is 7.71. The molecule has 8 nitrogen and oxygen atoms in total. The minimum absolute atomic E-state index is 0.248. The average Bonchev–Trinajstić information content (AvgIpc) is 2.99. The average molecular weight is 299 g/mol. The monoisotopic (exact) mass is 299 g/mol. The third-order valence-corrected chi connectivity index (χ3v) is 3.73. The van der Waals surface area contributed by atoms with Crippen molar-refractivity contribution in [1.82, 2.24) is 14.5 Å². The van der Waals surface area contributed by atoms with Crippen molar-refractivity contribution in [2.24, 2.45) is 0 Å². The quantitative estimate of drug-likeness (QED) is 0.453. The minimum atomic E-state index is -1.33. The van der Waals surface area contributed by atoms with Gasteiger partial charge in [0.1, 0.15) is 23.0 Å². The molecule has 0 amide bonds. The Hall–Kier alpha value is -1.52. The Bertz CT molecular complexity index is 750. The number of aromatic amines is 2. The third kappa shape index (κ3) is 1.83. The van der Waals surface area contributed by atoms with Crippen molar-refractivity contribution in [3.05, 3.63) is 27.4 Å². The number of hydrogen-bond acceptors (Lipinski definition) is 6. The summed E-state index contributed by atoms with van der Waals surface area (Å²) in [7, 11) is 0. The van der Waals surface area contributed by atoms with Gasteiger partial charge >= 0.3 is 5.69 Å². The maximum Gasteiger partial charge on any atom is 0.329 e. The topological polar surface area (TPSA) is 124 Å². The largest absolute Gasteiger partial charge is 0.394 e. The molecule has 2 aromatic rings. The molecule has 1 aliphatic rings. The molecule has 1 saturated heterocycles. The van der Waals surface area contributed by atoms with Crippen molar-refractivity contribution in [2.45, 2.75) is 24.5 Å². The van der Waals surface area contributed by atoms with Crippen molar-refractivity contribution >= 4 is 23.3 Å². The van der Waals surface area contributed by atoms with Crippen LogP contribution >= 0.6 is 12.2 Å². The standard InChI is InChI=1S/C11H13N3O5S/c15-3-5-7(16)8(17)10(19-5)14-4-1-2-12-6(4)9(20)13-11(14)18/h1-2,5,7-8,10,12,15-17H,3H2,(H,13,18,20). The summed E-state index contributed by atoms with van der Waals surface area (Å²) in [6, 6.07) is 1.62. The van der Waals surface area contributed by atoms with Crippen LogP contribution in [0.25, 0.3) is 11.0 Å². The fourth-order valence-electron chi connectivity index (χ4n) is 2.42. The van der Waals surface area contributed by atoms with E-state index in [1.54, 1.807) is 12.3 Å². The van der Waals surface area contributed by atoms with Gasteiger partial charge in [0.2, 0.25) is 0 Å². The second-order valence-corrected chi connectivity index (χ2v) is 5.00. The third-order valence-electron chi connectivity index (χ3n) is 3.42. The van der Waals surface area contributed by atoms with Gasteiger partial charge in [0.05, 0.1) is 17.6 Å². The first kappa shape index (κ1) is 13.5. The number of hydrogen-bond donors (Lipinski definition) is 5. The van der Waals surface area contributed by atoms with Crippen LogP contribution in [0.2, 0.25) is 0 Å². The van der Waals surface area contributed by atoms with Crippen LogP contribution in [-0.2, 0) is 4.74 Å². The fraction of sp³-hybridized carbons (Fsp3) is 0.455. The van der Waals surface area contributed by atoms with Crippen LogP contribution in [0.3, 0.4) is 0 Å². The molecule has 3 heterocycles. The predicted molar refractivity (Wildman–Crippen MR) is 70.8 cm³/mol. The highest BCUT2D eigenvalue weighted by Gasteiger charge is 2.44. The number of fused-ring (bicyclic) bond motifs is 1. The second-order valence-electron chi connectivity index (χ2n) is 4.60. The van der Waals surface area contributed by atoms with E-state index >= 15 is 0 Å². The highest BCUT2D eigenvalue weighted by atomic mass is 32.1. The van der Waals surface area contributed by atoms with Gasteiger partial charge in [-0.1, -0.05) is 12.2 Å². The number of aromatic nitrogens is 3. The van der Waals surface area contributed by atoms with Crippen LogP contribution in [0, 0.1) is 4.64 Å². The molecule has 4 atom stereocenters. The van der Waals surface area contributed by atoms with E-state index in [0.29, 0.717) is 11.0 Å². The van der Waals surface area contributed by atoms with E-state index in [9.17, 15) is 15.0 Å². The molecule has 20 heavy (non-hydrogen) atoms. The molecule has 0 saturated carbocycles. The lowest BCUT2D eigenvalue weighted by molar-refractivity contribution is -0.0527. The lowest BCUT2D eigenvalue weighted by Crippen LogP contribution is -2.36. The minimum Gasteiger partial charge on any atom is -0.394 e. The summed E-state index contributed by atoms with van der Waals surface area (Å²) >= 11 is 5.04. The molecular formula is C11H13N3O5S. The lowest BCUT2D eigenvalue weighted by Gasteiger charge is -2.18. The molecule has 5 N–H and O–H groups in total. The fourth-order valence-corrected chi connectivity index (χ4v) is 2.67. The van der Waals surface area contributed by atoms with Crippen molar-refractivity contribution in [2.75, 3.05) is 6.61 Å². The van der Waals surface area contributed by atoms with Crippen LogP contribution in [0.15, 0.2) is 17.1 Å².